The molecule has 1 unspecified atom stereocenters. The summed E-state index contributed by atoms with van der Waals surface area (Å²) in [6.07, 6.45) is 1.70. The van der Waals surface area contributed by atoms with Crippen LogP contribution in [0.5, 0.6) is 0 Å². The van der Waals surface area contributed by atoms with Crippen molar-refractivity contribution in [2.75, 3.05) is 6.61 Å². The Labute approximate surface area is 60.1 Å². The first-order valence-corrected chi connectivity index (χ1v) is 3.34. The lowest BCUT2D eigenvalue weighted by atomic mass is 10.3. The maximum atomic E-state index is 9.47. The predicted molar refractivity (Wildman–Crippen MR) is 36.2 cm³/mol. The number of ether oxygens (including phenoxy) is 1. The summed E-state index contributed by atoms with van der Waals surface area (Å²) < 4.78 is 4.32. The standard InChI is InChI=1S/C6H10ClO2/c1-6(7)3-2-4-9-5-8/h6H,2-4H2,1H3. The van der Waals surface area contributed by atoms with Crippen LogP contribution in [-0.2, 0) is 9.53 Å². The van der Waals surface area contributed by atoms with Crippen molar-refractivity contribution >= 4 is 18.1 Å². The molecule has 0 saturated heterocycles. The minimum Gasteiger partial charge on any atom is -0.457 e. The Kier molecular flexibility index (Phi) is 5.73. The molecule has 3 heteroatoms. The largest absolute Gasteiger partial charge is 0.457 e. The van der Waals surface area contributed by atoms with Crippen LogP contribution in [0.15, 0.2) is 0 Å². The van der Waals surface area contributed by atoms with Crippen LogP contribution in [-0.4, -0.2) is 18.5 Å². The molecule has 0 aromatic carbocycles. The maximum Gasteiger partial charge on any atom is 0.417 e. The fraction of sp³-hybridized carbons (Fsp3) is 0.833. The van der Waals surface area contributed by atoms with Gasteiger partial charge >= 0.3 is 6.47 Å². The lowest BCUT2D eigenvalue weighted by Gasteiger charge is -1.99. The van der Waals surface area contributed by atoms with E-state index in [1.165, 1.54) is 6.47 Å². The van der Waals surface area contributed by atoms with Crippen molar-refractivity contribution in [3.05, 3.63) is 0 Å². The summed E-state index contributed by atoms with van der Waals surface area (Å²) in [6.45, 7) is 3.69. The first-order chi connectivity index (χ1) is 4.27. The molecule has 1 atom stereocenters. The molecule has 0 heterocycles. The van der Waals surface area contributed by atoms with E-state index >= 15 is 0 Å². The third-order valence-electron chi connectivity index (χ3n) is 0.907. The Hall–Kier alpha value is -0.240. The fourth-order valence-electron chi connectivity index (χ4n) is 0.478. The molecule has 0 aliphatic rings. The molecule has 9 heavy (non-hydrogen) atoms. The lowest BCUT2D eigenvalue weighted by molar-refractivity contribution is 0.270. The van der Waals surface area contributed by atoms with Crippen molar-refractivity contribution in [3.63, 3.8) is 0 Å². The second-order valence-corrected chi connectivity index (χ2v) is 2.60. The Morgan fingerprint density at radius 1 is 1.78 bits per heavy atom. The van der Waals surface area contributed by atoms with E-state index in [1.54, 1.807) is 0 Å². The minimum absolute atomic E-state index is 0.167. The van der Waals surface area contributed by atoms with Gasteiger partial charge in [0.05, 0.1) is 6.61 Å². The van der Waals surface area contributed by atoms with E-state index < -0.39 is 0 Å². The maximum absolute atomic E-state index is 9.47. The normalized spacial score (nSPS) is 12.7. The molecule has 0 aliphatic carbocycles. The number of hydrogen-bond donors (Lipinski definition) is 0. The molecule has 2 nitrogen and oxygen atoms in total. The van der Waals surface area contributed by atoms with Gasteiger partial charge in [0.1, 0.15) is 0 Å². The van der Waals surface area contributed by atoms with Crippen molar-refractivity contribution in [3.8, 4) is 0 Å². The van der Waals surface area contributed by atoms with Gasteiger partial charge in [0.2, 0.25) is 0 Å². The van der Waals surface area contributed by atoms with Crippen LogP contribution in [0.25, 0.3) is 0 Å². The minimum atomic E-state index is 0.167. The Balaban J connectivity index is 2.82. The monoisotopic (exact) mass is 149 g/mol. The molecular formula is C6H10ClO2. The average molecular weight is 150 g/mol. The van der Waals surface area contributed by atoms with Crippen molar-refractivity contribution in [2.45, 2.75) is 25.1 Å². The molecule has 0 saturated carbocycles. The molecule has 0 fully saturated rings. The van der Waals surface area contributed by atoms with Crippen LogP contribution in [0, 0.1) is 0 Å². The summed E-state index contributed by atoms with van der Waals surface area (Å²) in [6, 6.07) is 0. The van der Waals surface area contributed by atoms with Crippen molar-refractivity contribution in [2.24, 2.45) is 0 Å². The second kappa shape index (κ2) is 5.89. The summed E-state index contributed by atoms with van der Waals surface area (Å²) in [5.41, 5.74) is 0. The van der Waals surface area contributed by atoms with Crippen molar-refractivity contribution in [1.29, 1.82) is 0 Å². The smallest absolute Gasteiger partial charge is 0.417 e. The summed E-state index contributed by atoms with van der Waals surface area (Å²) in [7, 11) is 0. The van der Waals surface area contributed by atoms with Gasteiger partial charge in [-0.05, 0) is 19.8 Å². The summed E-state index contributed by atoms with van der Waals surface area (Å²) >= 11 is 5.60. The highest BCUT2D eigenvalue weighted by molar-refractivity contribution is 6.20. The zero-order valence-electron chi connectivity index (χ0n) is 5.39. The highest BCUT2D eigenvalue weighted by Crippen LogP contribution is 2.02. The van der Waals surface area contributed by atoms with Crippen molar-refractivity contribution < 1.29 is 9.53 Å². The van der Waals surface area contributed by atoms with Gasteiger partial charge < -0.3 is 4.74 Å². The molecule has 0 aromatic rings. The van der Waals surface area contributed by atoms with Gasteiger partial charge in [0.15, 0.2) is 0 Å². The van der Waals surface area contributed by atoms with Crippen LogP contribution >= 0.6 is 11.6 Å². The first kappa shape index (κ1) is 8.76. The molecule has 0 spiro atoms. The summed E-state index contributed by atoms with van der Waals surface area (Å²) in [5, 5.41) is 0.167. The van der Waals surface area contributed by atoms with Gasteiger partial charge in [0, 0.05) is 5.38 Å². The van der Waals surface area contributed by atoms with Gasteiger partial charge in [-0.3, -0.25) is 0 Å². The topological polar surface area (TPSA) is 26.3 Å². The van der Waals surface area contributed by atoms with Crippen LogP contribution < -0.4 is 0 Å². The van der Waals surface area contributed by atoms with E-state index in [2.05, 4.69) is 4.74 Å². The van der Waals surface area contributed by atoms with E-state index in [1.807, 2.05) is 6.92 Å². The summed E-state index contributed by atoms with van der Waals surface area (Å²) in [5.74, 6) is 0. The number of alkyl halides is 1. The molecule has 0 aliphatic heterocycles. The van der Waals surface area contributed by atoms with E-state index in [-0.39, 0.29) is 5.38 Å². The number of rotatable bonds is 5. The zero-order valence-corrected chi connectivity index (χ0v) is 6.15. The molecule has 53 valence electrons. The number of halogens is 1. The first-order valence-electron chi connectivity index (χ1n) is 2.90. The zero-order chi connectivity index (χ0) is 7.11. The SMILES string of the molecule is CC(Cl)CCCO[C]=O. The highest BCUT2D eigenvalue weighted by Gasteiger charge is 1.94. The van der Waals surface area contributed by atoms with E-state index in [4.69, 9.17) is 11.6 Å². The van der Waals surface area contributed by atoms with Crippen molar-refractivity contribution in [1.82, 2.24) is 0 Å². The molecule has 1 radical (unpaired) electrons. The average Bonchev–Trinajstić information content (AvgIpc) is 1.80. The van der Waals surface area contributed by atoms with Crippen LogP contribution in [0.3, 0.4) is 0 Å². The van der Waals surface area contributed by atoms with Crippen LogP contribution in [0.2, 0.25) is 0 Å². The van der Waals surface area contributed by atoms with Gasteiger partial charge in [-0.15, -0.1) is 11.6 Å². The van der Waals surface area contributed by atoms with Gasteiger partial charge in [0.25, 0.3) is 0 Å². The lowest BCUT2D eigenvalue weighted by Crippen LogP contribution is -1.96. The predicted octanol–water partition coefficient (Wildman–Crippen LogP) is 1.48. The Morgan fingerprint density at radius 3 is 2.89 bits per heavy atom. The second-order valence-electron chi connectivity index (χ2n) is 1.85. The summed E-state index contributed by atoms with van der Waals surface area (Å²) in [4.78, 5) is 9.47. The quantitative estimate of drug-likeness (QED) is 0.437. The number of carbonyl (C=O) groups excluding carboxylic acids is 1. The molecule has 0 rings (SSSR count). The van der Waals surface area contributed by atoms with Gasteiger partial charge in [-0.1, -0.05) is 0 Å². The highest BCUT2D eigenvalue weighted by atomic mass is 35.5. The van der Waals surface area contributed by atoms with E-state index in [9.17, 15) is 4.79 Å². The van der Waals surface area contributed by atoms with Gasteiger partial charge in [-0.2, -0.15) is 0 Å². The molecular weight excluding hydrogens is 140 g/mol. The van der Waals surface area contributed by atoms with Crippen LogP contribution in [0.4, 0.5) is 0 Å². The molecule has 0 aromatic heterocycles. The number of hydrogen-bond acceptors (Lipinski definition) is 2. The van der Waals surface area contributed by atoms with E-state index in [0.717, 1.165) is 12.8 Å². The van der Waals surface area contributed by atoms with Gasteiger partial charge in [-0.25, -0.2) is 4.79 Å². The molecule has 0 bridgehead atoms. The van der Waals surface area contributed by atoms with Crippen LogP contribution in [0.1, 0.15) is 19.8 Å². The third-order valence-corrected chi connectivity index (χ3v) is 1.13. The Morgan fingerprint density at radius 2 is 2.44 bits per heavy atom. The molecule has 0 amide bonds. The molecule has 0 N–H and O–H groups in total. The fourth-order valence-corrected chi connectivity index (χ4v) is 0.633. The third kappa shape index (κ3) is 7.76. The van der Waals surface area contributed by atoms with E-state index in [0.29, 0.717) is 6.61 Å². The Bertz CT molecular complexity index is 73.5.